The van der Waals surface area contributed by atoms with Gasteiger partial charge in [-0.25, -0.2) is 13.1 Å². The van der Waals surface area contributed by atoms with Crippen molar-refractivity contribution in [2.45, 2.75) is 30.6 Å². The van der Waals surface area contributed by atoms with Gasteiger partial charge in [0.1, 0.15) is 5.69 Å². The van der Waals surface area contributed by atoms with Crippen molar-refractivity contribution in [3.8, 4) is 0 Å². The number of hydrogen-bond acceptors (Lipinski definition) is 6. The number of nitrogens with zero attached hydrogens (tertiary/aromatic N) is 1. The summed E-state index contributed by atoms with van der Waals surface area (Å²) in [6.45, 7) is 0.337. The number of hydrazine groups is 1. The molecule has 0 bridgehead atoms. The van der Waals surface area contributed by atoms with E-state index in [1.807, 2.05) is 0 Å². The number of benzene rings is 1. The summed E-state index contributed by atoms with van der Waals surface area (Å²) in [6, 6.07) is 3.56. The maximum absolute atomic E-state index is 12.1. The number of nitrogens with one attached hydrogen (secondary N) is 2. The first kappa shape index (κ1) is 15.7. The molecule has 0 spiro atoms. The number of nitro benzene ring substituents is 1. The lowest BCUT2D eigenvalue weighted by Crippen LogP contribution is -2.25. The second-order valence-corrected chi connectivity index (χ2v) is 6.83. The summed E-state index contributed by atoms with van der Waals surface area (Å²) in [5.74, 6) is 5.90. The first-order valence-electron chi connectivity index (χ1n) is 6.69. The predicted octanol–water partition coefficient (Wildman–Crippen LogP) is 1.35. The van der Waals surface area contributed by atoms with Crippen LogP contribution in [0.15, 0.2) is 23.1 Å². The van der Waals surface area contributed by atoms with Gasteiger partial charge in [-0.05, 0) is 30.9 Å². The van der Waals surface area contributed by atoms with E-state index in [1.54, 1.807) is 0 Å². The third kappa shape index (κ3) is 4.13. The average Bonchev–Trinajstić information content (AvgIpc) is 3.27. The molecule has 0 saturated heterocycles. The van der Waals surface area contributed by atoms with Crippen LogP contribution < -0.4 is 16.0 Å². The molecule has 0 unspecified atom stereocenters. The maximum Gasteiger partial charge on any atom is 0.294 e. The minimum Gasteiger partial charge on any atom is -0.318 e. The lowest BCUT2D eigenvalue weighted by atomic mass is 10.2. The van der Waals surface area contributed by atoms with Crippen LogP contribution in [-0.2, 0) is 10.0 Å². The van der Waals surface area contributed by atoms with E-state index in [1.165, 1.54) is 25.0 Å². The Kier molecular flexibility index (Phi) is 4.76. The van der Waals surface area contributed by atoms with Crippen molar-refractivity contribution < 1.29 is 13.3 Å². The first-order chi connectivity index (χ1) is 9.94. The summed E-state index contributed by atoms with van der Waals surface area (Å²) < 4.78 is 26.6. The van der Waals surface area contributed by atoms with E-state index in [9.17, 15) is 18.5 Å². The molecule has 0 amide bonds. The summed E-state index contributed by atoms with van der Waals surface area (Å²) in [5, 5.41) is 10.9. The fourth-order valence-corrected chi connectivity index (χ4v) is 3.13. The second-order valence-electron chi connectivity index (χ2n) is 5.06. The molecule has 1 aliphatic carbocycles. The zero-order valence-electron chi connectivity index (χ0n) is 11.4. The van der Waals surface area contributed by atoms with Crippen molar-refractivity contribution in [3.05, 3.63) is 28.3 Å². The Morgan fingerprint density at radius 1 is 1.38 bits per heavy atom. The summed E-state index contributed by atoms with van der Waals surface area (Å²) in [6.07, 6.45) is 4.24. The van der Waals surface area contributed by atoms with Crippen LogP contribution in [0.2, 0.25) is 0 Å². The molecule has 116 valence electrons. The second kappa shape index (κ2) is 6.37. The van der Waals surface area contributed by atoms with Gasteiger partial charge in [-0.15, -0.1) is 0 Å². The molecule has 1 fully saturated rings. The van der Waals surface area contributed by atoms with E-state index in [0.29, 0.717) is 6.54 Å². The normalized spacial score (nSPS) is 14.9. The summed E-state index contributed by atoms with van der Waals surface area (Å²) in [5.41, 5.74) is 1.86. The van der Waals surface area contributed by atoms with E-state index in [0.717, 1.165) is 24.8 Å². The number of nitrogens with two attached hydrogens (primary N) is 1. The first-order valence-corrected chi connectivity index (χ1v) is 8.17. The number of hydrogen-bond donors (Lipinski definition) is 3. The van der Waals surface area contributed by atoms with Crippen molar-refractivity contribution in [2.24, 2.45) is 11.8 Å². The highest BCUT2D eigenvalue weighted by molar-refractivity contribution is 7.89. The molecule has 21 heavy (non-hydrogen) atoms. The van der Waals surface area contributed by atoms with Crippen LogP contribution in [-0.4, -0.2) is 19.9 Å². The van der Waals surface area contributed by atoms with Gasteiger partial charge in [0, 0.05) is 12.6 Å². The molecule has 1 saturated carbocycles. The highest BCUT2D eigenvalue weighted by Gasteiger charge is 2.22. The van der Waals surface area contributed by atoms with Gasteiger partial charge < -0.3 is 5.43 Å². The van der Waals surface area contributed by atoms with Crippen LogP contribution in [0.4, 0.5) is 11.4 Å². The van der Waals surface area contributed by atoms with E-state index in [-0.39, 0.29) is 16.3 Å². The van der Waals surface area contributed by atoms with Gasteiger partial charge in [0.05, 0.1) is 9.82 Å². The Morgan fingerprint density at radius 2 is 2.10 bits per heavy atom. The van der Waals surface area contributed by atoms with Gasteiger partial charge >= 0.3 is 0 Å². The van der Waals surface area contributed by atoms with Crippen LogP contribution in [0.1, 0.15) is 25.7 Å². The third-order valence-electron chi connectivity index (χ3n) is 3.41. The predicted molar refractivity (Wildman–Crippen MR) is 78.1 cm³/mol. The molecule has 1 aliphatic rings. The summed E-state index contributed by atoms with van der Waals surface area (Å²) >= 11 is 0. The number of rotatable bonds is 8. The Balaban J connectivity index is 2.07. The average molecular weight is 314 g/mol. The highest BCUT2D eigenvalue weighted by Crippen LogP contribution is 2.33. The molecule has 4 N–H and O–H groups in total. The molecular weight excluding hydrogens is 296 g/mol. The monoisotopic (exact) mass is 314 g/mol. The smallest absolute Gasteiger partial charge is 0.294 e. The number of nitrogen functional groups attached to an aromatic ring is 1. The zero-order chi connectivity index (χ0) is 15.5. The largest absolute Gasteiger partial charge is 0.318 e. The molecule has 0 heterocycles. The molecule has 8 nitrogen and oxygen atoms in total. The lowest BCUT2D eigenvalue weighted by molar-refractivity contribution is -0.384. The van der Waals surface area contributed by atoms with E-state index >= 15 is 0 Å². The Morgan fingerprint density at radius 3 is 2.67 bits per heavy atom. The minimum atomic E-state index is -3.74. The van der Waals surface area contributed by atoms with Crippen molar-refractivity contribution in [3.63, 3.8) is 0 Å². The third-order valence-corrected chi connectivity index (χ3v) is 4.87. The zero-order valence-corrected chi connectivity index (χ0v) is 12.2. The Labute approximate surface area is 122 Å². The fourth-order valence-electron chi connectivity index (χ4n) is 2.04. The van der Waals surface area contributed by atoms with Crippen molar-refractivity contribution in [1.82, 2.24) is 4.72 Å². The fraction of sp³-hybridized carbons (Fsp3) is 0.500. The topological polar surface area (TPSA) is 127 Å². The number of sulfonamides is 1. The van der Waals surface area contributed by atoms with Crippen LogP contribution in [0, 0.1) is 16.0 Å². The van der Waals surface area contributed by atoms with Gasteiger partial charge in [-0.1, -0.05) is 12.8 Å². The van der Waals surface area contributed by atoms with E-state index in [4.69, 9.17) is 5.84 Å². The number of anilines is 1. The molecule has 0 radical (unpaired) electrons. The molecule has 0 aliphatic heterocycles. The SMILES string of the molecule is NNc1ccc(S(=O)(=O)NCCCC2CC2)cc1[N+](=O)[O-]. The minimum absolute atomic E-state index is 0.0627. The molecule has 2 rings (SSSR count). The van der Waals surface area contributed by atoms with Crippen molar-refractivity contribution in [1.29, 1.82) is 0 Å². The maximum atomic E-state index is 12.1. The Bertz CT molecular complexity index is 628. The number of nitro groups is 1. The van der Waals surface area contributed by atoms with Gasteiger partial charge in [-0.3, -0.25) is 16.0 Å². The van der Waals surface area contributed by atoms with Gasteiger partial charge in [0.25, 0.3) is 5.69 Å². The van der Waals surface area contributed by atoms with Gasteiger partial charge in [-0.2, -0.15) is 0 Å². The highest BCUT2D eigenvalue weighted by atomic mass is 32.2. The van der Waals surface area contributed by atoms with E-state index in [2.05, 4.69) is 10.1 Å². The molecule has 0 atom stereocenters. The van der Waals surface area contributed by atoms with Gasteiger partial charge in [0.15, 0.2) is 0 Å². The summed E-state index contributed by atoms with van der Waals surface area (Å²) in [4.78, 5) is 10.1. The van der Waals surface area contributed by atoms with Crippen LogP contribution >= 0.6 is 0 Å². The lowest BCUT2D eigenvalue weighted by Gasteiger charge is -2.08. The van der Waals surface area contributed by atoms with Crippen molar-refractivity contribution in [2.75, 3.05) is 12.0 Å². The molecule has 9 heteroatoms. The molecular formula is C12H18N4O4S. The van der Waals surface area contributed by atoms with Gasteiger partial charge in [0.2, 0.25) is 10.0 Å². The quantitative estimate of drug-likeness (QED) is 0.287. The molecule has 0 aromatic heterocycles. The molecule has 1 aromatic carbocycles. The molecule has 1 aromatic rings. The summed E-state index contributed by atoms with van der Waals surface area (Å²) in [7, 11) is -3.74. The van der Waals surface area contributed by atoms with E-state index < -0.39 is 14.9 Å². The van der Waals surface area contributed by atoms with Crippen LogP contribution in [0.3, 0.4) is 0 Å². The Hall–Kier alpha value is -1.71. The van der Waals surface area contributed by atoms with Crippen molar-refractivity contribution >= 4 is 21.4 Å². The van der Waals surface area contributed by atoms with Crippen LogP contribution in [0.25, 0.3) is 0 Å². The van der Waals surface area contributed by atoms with Crippen LogP contribution in [0.5, 0.6) is 0 Å². The standard InChI is InChI=1S/C12H18N4O4S/c13-15-11-6-5-10(8-12(11)16(17)18)21(19,20)14-7-1-2-9-3-4-9/h5-6,8-9,14-15H,1-4,7,13H2.